The van der Waals surface area contributed by atoms with Gasteiger partial charge in [-0.1, -0.05) is 22.9 Å². The highest BCUT2D eigenvalue weighted by Crippen LogP contribution is 2.30. The van der Waals surface area contributed by atoms with Crippen LogP contribution in [-0.4, -0.2) is 24.4 Å². The first-order valence-electron chi connectivity index (χ1n) is 5.68. The van der Waals surface area contributed by atoms with E-state index < -0.39 is 0 Å². The van der Waals surface area contributed by atoms with Crippen molar-refractivity contribution in [3.8, 4) is 0 Å². The Morgan fingerprint density at radius 1 is 1.50 bits per heavy atom. The summed E-state index contributed by atoms with van der Waals surface area (Å²) in [6, 6.07) is 5.04. The molecular formula is C12H14BrN3O2. The Hall–Kier alpha value is -1.56. The molecule has 2 amide bonds. The summed E-state index contributed by atoms with van der Waals surface area (Å²) in [6.45, 7) is 2.05. The van der Waals surface area contributed by atoms with Gasteiger partial charge in [0.15, 0.2) is 0 Å². The Morgan fingerprint density at radius 3 is 2.89 bits per heavy atom. The second-order valence-corrected chi connectivity index (χ2v) is 5.08. The third-order valence-electron chi connectivity index (χ3n) is 2.94. The zero-order chi connectivity index (χ0) is 13.3. The van der Waals surface area contributed by atoms with Gasteiger partial charge in [-0.2, -0.15) is 0 Å². The normalized spacial score (nSPS) is 19.9. The Kier molecular flexibility index (Phi) is 3.56. The minimum atomic E-state index is -0.362. The zero-order valence-electron chi connectivity index (χ0n) is 9.94. The minimum absolute atomic E-state index is 0.144. The summed E-state index contributed by atoms with van der Waals surface area (Å²) < 4.78 is 0.861. The number of rotatable bonds is 2. The zero-order valence-corrected chi connectivity index (χ0v) is 11.5. The molecule has 3 N–H and O–H groups in total. The highest BCUT2D eigenvalue weighted by molar-refractivity contribution is 9.10. The highest BCUT2D eigenvalue weighted by Gasteiger charge is 2.33. The van der Waals surface area contributed by atoms with E-state index in [1.54, 1.807) is 11.0 Å². The van der Waals surface area contributed by atoms with Crippen LogP contribution in [0.1, 0.15) is 13.3 Å². The number of piperazine rings is 1. The monoisotopic (exact) mass is 311 g/mol. The van der Waals surface area contributed by atoms with Crippen molar-refractivity contribution in [1.82, 2.24) is 5.32 Å². The summed E-state index contributed by atoms with van der Waals surface area (Å²) in [6.07, 6.45) is 0.616. The van der Waals surface area contributed by atoms with Crippen LogP contribution < -0.4 is 16.0 Å². The van der Waals surface area contributed by atoms with E-state index in [0.717, 1.165) is 4.47 Å². The lowest BCUT2D eigenvalue weighted by Crippen LogP contribution is -2.58. The van der Waals surface area contributed by atoms with Crippen molar-refractivity contribution in [1.29, 1.82) is 0 Å². The molecule has 1 aliphatic heterocycles. The number of imide groups is 1. The van der Waals surface area contributed by atoms with Crippen LogP contribution in [0.2, 0.25) is 0 Å². The van der Waals surface area contributed by atoms with Gasteiger partial charge in [-0.05, 0) is 24.6 Å². The number of nitrogens with one attached hydrogen (secondary N) is 1. The Labute approximate surface area is 113 Å². The average molecular weight is 312 g/mol. The van der Waals surface area contributed by atoms with Crippen molar-refractivity contribution in [3.63, 3.8) is 0 Å². The summed E-state index contributed by atoms with van der Waals surface area (Å²) in [5.41, 5.74) is 7.19. The Morgan fingerprint density at radius 2 is 2.22 bits per heavy atom. The van der Waals surface area contributed by atoms with Crippen LogP contribution in [0.15, 0.2) is 22.7 Å². The fraction of sp³-hybridized carbons (Fsp3) is 0.333. The molecule has 0 saturated carbocycles. The molecule has 1 aliphatic rings. The number of hydrogen-bond donors (Lipinski definition) is 2. The molecule has 1 aromatic rings. The number of anilines is 2. The number of carbonyl (C=O) groups excluding carboxylic acids is 2. The van der Waals surface area contributed by atoms with Gasteiger partial charge in [0.25, 0.3) is 0 Å². The van der Waals surface area contributed by atoms with Gasteiger partial charge in [-0.15, -0.1) is 0 Å². The van der Waals surface area contributed by atoms with Gasteiger partial charge >= 0.3 is 0 Å². The van der Waals surface area contributed by atoms with Crippen LogP contribution in [0, 0.1) is 0 Å². The van der Waals surface area contributed by atoms with E-state index in [9.17, 15) is 9.59 Å². The van der Waals surface area contributed by atoms with E-state index in [1.165, 1.54) is 0 Å². The molecule has 0 radical (unpaired) electrons. The third-order valence-corrected chi connectivity index (χ3v) is 3.44. The highest BCUT2D eigenvalue weighted by atomic mass is 79.9. The first-order valence-corrected chi connectivity index (χ1v) is 6.47. The van der Waals surface area contributed by atoms with Gasteiger partial charge in [0.2, 0.25) is 11.8 Å². The van der Waals surface area contributed by atoms with E-state index in [-0.39, 0.29) is 24.4 Å². The summed E-state index contributed by atoms with van der Waals surface area (Å²) in [4.78, 5) is 25.0. The first kappa shape index (κ1) is 12.9. The Balaban J connectivity index is 2.42. The molecule has 1 heterocycles. The summed E-state index contributed by atoms with van der Waals surface area (Å²) in [7, 11) is 0. The Bertz CT molecular complexity index is 504. The van der Waals surface area contributed by atoms with Gasteiger partial charge < -0.3 is 10.6 Å². The SMILES string of the molecule is CCC1C(=O)NC(=O)CN1c1cc(Br)ccc1N. The van der Waals surface area contributed by atoms with Crippen molar-refractivity contribution in [2.24, 2.45) is 0 Å². The molecular weight excluding hydrogens is 298 g/mol. The molecule has 6 heteroatoms. The van der Waals surface area contributed by atoms with Gasteiger partial charge in [0.05, 0.1) is 17.9 Å². The van der Waals surface area contributed by atoms with E-state index in [0.29, 0.717) is 17.8 Å². The average Bonchev–Trinajstić information content (AvgIpc) is 2.31. The number of nitrogens with two attached hydrogens (primary N) is 1. The molecule has 0 spiro atoms. The molecule has 1 saturated heterocycles. The van der Waals surface area contributed by atoms with Gasteiger partial charge in [0, 0.05) is 4.47 Å². The number of hydrogen-bond acceptors (Lipinski definition) is 4. The maximum absolute atomic E-state index is 11.8. The van der Waals surface area contributed by atoms with E-state index in [2.05, 4.69) is 21.2 Å². The number of nitrogen functional groups attached to an aromatic ring is 1. The van der Waals surface area contributed by atoms with E-state index in [4.69, 9.17) is 5.73 Å². The lowest BCUT2D eigenvalue weighted by atomic mass is 10.1. The van der Waals surface area contributed by atoms with Crippen LogP contribution in [0.3, 0.4) is 0 Å². The van der Waals surface area contributed by atoms with Crippen molar-refractivity contribution < 1.29 is 9.59 Å². The lowest BCUT2D eigenvalue weighted by Gasteiger charge is -2.35. The van der Waals surface area contributed by atoms with Crippen molar-refractivity contribution >= 4 is 39.1 Å². The van der Waals surface area contributed by atoms with E-state index in [1.807, 2.05) is 19.1 Å². The molecule has 96 valence electrons. The molecule has 0 aliphatic carbocycles. The van der Waals surface area contributed by atoms with Crippen LogP contribution >= 0.6 is 15.9 Å². The maximum Gasteiger partial charge on any atom is 0.249 e. The number of carbonyl (C=O) groups is 2. The van der Waals surface area contributed by atoms with Crippen LogP contribution in [-0.2, 0) is 9.59 Å². The summed E-state index contributed by atoms with van der Waals surface area (Å²) >= 11 is 3.37. The maximum atomic E-state index is 11.8. The predicted octanol–water partition coefficient (Wildman–Crippen LogP) is 1.27. The van der Waals surface area contributed by atoms with Crippen molar-refractivity contribution in [3.05, 3.63) is 22.7 Å². The van der Waals surface area contributed by atoms with Crippen LogP contribution in [0.5, 0.6) is 0 Å². The fourth-order valence-corrected chi connectivity index (χ4v) is 2.44. The summed E-state index contributed by atoms with van der Waals surface area (Å²) in [5.74, 6) is -0.572. The van der Waals surface area contributed by atoms with E-state index >= 15 is 0 Å². The third kappa shape index (κ3) is 2.33. The summed E-state index contributed by atoms with van der Waals surface area (Å²) in [5, 5.41) is 2.34. The number of amides is 2. The number of halogens is 1. The topological polar surface area (TPSA) is 75.4 Å². The largest absolute Gasteiger partial charge is 0.397 e. The molecule has 1 fully saturated rings. The predicted molar refractivity (Wildman–Crippen MR) is 73.1 cm³/mol. The van der Waals surface area contributed by atoms with Gasteiger partial charge in [0.1, 0.15) is 6.04 Å². The van der Waals surface area contributed by atoms with Crippen LogP contribution in [0.4, 0.5) is 11.4 Å². The molecule has 18 heavy (non-hydrogen) atoms. The molecule has 5 nitrogen and oxygen atoms in total. The van der Waals surface area contributed by atoms with Crippen LogP contribution in [0.25, 0.3) is 0 Å². The minimum Gasteiger partial charge on any atom is -0.397 e. The smallest absolute Gasteiger partial charge is 0.249 e. The second-order valence-electron chi connectivity index (χ2n) is 4.17. The van der Waals surface area contributed by atoms with Crippen molar-refractivity contribution in [2.45, 2.75) is 19.4 Å². The molecule has 1 aromatic carbocycles. The standard InChI is InChI=1S/C12H14BrN3O2/c1-2-9-12(18)15-11(17)6-16(9)10-5-7(13)3-4-8(10)14/h3-5,9H,2,6,14H2,1H3,(H,15,17,18). The van der Waals surface area contributed by atoms with Gasteiger partial charge in [-0.3, -0.25) is 14.9 Å². The van der Waals surface area contributed by atoms with Gasteiger partial charge in [-0.25, -0.2) is 0 Å². The molecule has 0 bridgehead atoms. The first-order chi connectivity index (χ1) is 8.52. The quantitative estimate of drug-likeness (QED) is 0.637. The second kappa shape index (κ2) is 4.97. The number of benzene rings is 1. The molecule has 0 aromatic heterocycles. The number of nitrogens with zero attached hydrogens (tertiary/aromatic N) is 1. The molecule has 2 rings (SSSR count). The lowest BCUT2D eigenvalue weighted by molar-refractivity contribution is -0.132. The fourth-order valence-electron chi connectivity index (χ4n) is 2.09. The molecule has 1 unspecified atom stereocenters. The molecule has 1 atom stereocenters. The van der Waals surface area contributed by atoms with Crippen molar-refractivity contribution in [2.75, 3.05) is 17.2 Å².